The second-order valence-electron chi connectivity index (χ2n) is 4.49. The maximum absolute atomic E-state index is 12.8. The molecule has 0 radical (unpaired) electrons. The first-order chi connectivity index (χ1) is 8.97. The van der Waals surface area contributed by atoms with Crippen LogP contribution in [0.4, 0.5) is 18.9 Å². The Balaban J connectivity index is 2.08. The number of aromatic nitrogens is 4. The number of hydrogen-bond donors (Lipinski definition) is 1. The van der Waals surface area contributed by atoms with Crippen molar-refractivity contribution in [2.24, 2.45) is 0 Å². The Morgan fingerprint density at radius 2 is 2.00 bits per heavy atom. The summed E-state index contributed by atoms with van der Waals surface area (Å²) in [6, 6.07) is 3.67. The van der Waals surface area contributed by atoms with Crippen LogP contribution in [0.2, 0.25) is 0 Å². The Morgan fingerprint density at radius 1 is 1.26 bits per heavy atom. The predicted octanol–water partition coefficient (Wildman–Crippen LogP) is 2.14. The van der Waals surface area contributed by atoms with Crippen LogP contribution in [-0.2, 0) is 6.18 Å². The van der Waals surface area contributed by atoms with Crippen molar-refractivity contribution in [1.82, 2.24) is 20.2 Å². The van der Waals surface area contributed by atoms with Gasteiger partial charge in [-0.25, -0.2) is 0 Å². The summed E-state index contributed by atoms with van der Waals surface area (Å²) in [5.41, 5.74) is 4.45. The van der Waals surface area contributed by atoms with Crippen molar-refractivity contribution in [3.8, 4) is 5.69 Å². The molecule has 0 amide bonds. The van der Waals surface area contributed by atoms with E-state index in [1.165, 1.54) is 16.8 Å². The van der Waals surface area contributed by atoms with Gasteiger partial charge < -0.3 is 5.73 Å². The molecule has 1 heterocycles. The summed E-state index contributed by atoms with van der Waals surface area (Å²) in [7, 11) is 0. The third kappa shape index (κ3) is 2.13. The van der Waals surface area contributed by atoms with Crippen molar-refractivity contribution in [3.05, 3.63) is 29.6 Å². The molecular weight excluding hydrogens is 259 g/mol. The van der Waals surface area contributed by atoms with Gasteiger partial charge in [0.25, 0.3) is 0 Å². The molecule has 100 valence electrons. The zero-order valence-corrected chi connectivity index (χ0v) is 9.72. The Labute approximate surface area is 106 Å². The zero-order chi connectivity index (χ0) is 13.6. The van der Waals surface area contributed by atoms with Crippen LogP contribution >= 0.6 is 0 Å². The molecule has 1 saturated carbocycles. The minimum absolute atomic E-state index is 0.238. The largest absolute Gasteiger partial charge is 0.418 e. The van der Waals surface area contributed by atoms with Crippen LogP contribution in [0.3, 0.4) is 0 Å². The van der Waals surface area contributed by atoms with Crippen LogP contribution in [0.1, 0.15) is 30.1 Å². The Bertz CT molecular complexity index is 615. The van der Waals surface area contributed by atoms with Gasteiger partial charge in [-0.2, -0.15) is 17.9 Å². The number of nitrogens with zero attached hydrogens (tertiary/aromatic N) is 4. The quantitative estimate of drug-likeness (QED) is 0.848. The summed E-state index contributed by atoms with van der Waals surface area (Å²) in [5.74, 6) is 0.833. The molecule has 3 rings (SSSR count). The SMILES string of the molecule is Nc1ccc(-n2nnnc2C2CC2)cc1C(F)(F)F. The van der Waals surface area contributed by atoms with E-state index in [1.807, 2.05) is 0 Å². The van der Waals surface area contributed by atoms with E-state index in [9.17, 15) is 13.2 Å². The van der Waals surface area contributed by atoms with Crippen LogP contribution in [-0.4, -0.2) is 20.2 Å². The Morgan fingerprint density at radius 3 is 2.63 bits per heavy atom. The lowest BCUT2D eigenvalue weighted by atomic mass is 10.1. The monoisotopic (exact) mass is 269 g/mol. The zero-order valence-electron chi connectivity index (χ0n) is 9.72. The Kier molecular flexibility index (Phi) is 2.48. The molecule has 1 aromatic carbocycles. The van der Waals surface area contributed by atoms with Crippen molar-refractivity contribution in [1.29, 1.82) is 0 Å². The molecule has 0 saturated heterocycles. The predicted molar refractivity (Wildman–Crippen MR) is 60.5 cm³/mol. The normalized spacial score (nSPS) is 15.7. The standard InChI is InChI=1S/C11H10F3N5/c12-11(13,14)8-5-7(3-4-9(8)15)19-10(6-1-2-6)16-17-18-19/h3-6H,1-2,15H2. The van der Waals surface area contributed by atoms with Gasteiger partial charge >= 0.3 is 6.18 Å². The topological polar surface area (TPSA) is 69.6 Å². The fourth-order valence-corrected chi connectivity index (χ4v) is 1.90. The number of benzene rings is 1. The molecule has 0 unspecified atom stereocenters. The number of halogens is 3. The van der Waals surface area contributed by atoms with Crippen molar-refractivity contribution in [3.63, 3.8) is 0 Å². The van der Waals surface area contributed by atoms with Gasteiger partial charge in [0.2, 0.25) is 0 Å². The number of nitrogens with two attached hydrogens (primary N) is 1. The summed E-state index contributed by atoms with van der Waals surface area (Å²) in [6.07, 6.45) is -2.57. The summed E-state index contributed by atoms with van der Waals surface area (Å²) < 4.78 is 39.7. The number of anilines is 1. The lowest BCUT2D eigenvalue weighted by Gasteiger charge is -2.12. The molecule has 1 aromatic heterocycles. The second kappa shape index (κ2) is 3.94. The third-order valence-electron chi connectivity index (χ3n) is 3.02. The number of hydrogen-bond acceptors (Lipinski definition) is 4. The maximum atomic E-state index is 12.8. The first-order valence-corrected chi connectivity index (χ1v) is 5.72. The minimum Gasteiger partial charge on any atom is -0.398 e. The van der Waals surface area contributed by atoms with Gasteiger partial charge in [-0.3, -0.25) is 0 Å². The van der Waals surface area contributed by atoms with Gasteiger partial charge in [-0.05, 0) is 41.5 Å². The second-order valence-corrected chi connectivity index (χ2v) is 4.49. The van der Waals surface area contributed by atoms with Gasteiger partial charge in [0, 0.05) is 11.6 Å². The lowest BCUT2D eigenvalue weighted by Crippen LogP contribution is -2.11. The highest BCUT2D eigenvalue weighted by molar-refractivity contribution is 5.54. The Hall–Kier alpha value is -2.12. The molecule has 0 spiro atoms. The van der Waals surface area contributed by atoms with Crippen molar-refractivity contribution < 1.29 is 13.2 Å². The fraction of sp³-hybridized carbons (Fsp3) is 0.364. The molecule has 1 aliphatic carbocycles. The molecule has 1 aliphatic rings. The van der Waals surface area contributed by atoms with Crippen LogP contribution in [0, 0.1) is 0 Å². The molecule has 0 aliphatic heterocycles. The van der Waals surface area contributed by atoms with Crippen LogP contribution < -0.4 is 5.73 Å². The van der Waals surface area contributed by atoms with E-state index in [0.29, 0.717) is 5.82 Å². The number of alkyl halides is 3. The van der Waals surface area contributed by atoms with E-state index < -0.39 is 11.7 Å². The molecular formula is C11H10F3N5. The van der Waals surface area contributed by atoms with Crippen LogP contribution in [0.15, 0.2) is 18.2 Å². The number of nitrogen functional groups attached to an aromatic ring is 1. The van der Waals surface area contributed by atoms with E-state index in [1.54, 1.807) is 0 Å². The highest BCUT2D eigenvalue weighted by atomic mass is 19.4. The molecule has 0 atom stereocenters. The smallest absolute Gasteiger partial charge is 0.398 e. The van der Waals surface area contributed by atoms with E-state index in [2.05, 4.69) is 15.5 Å². The van der Waals surface area contributed by atoms with Gasteiger partial charge in [0.15, 0.2) is 5.82 Å². The van der Waals surface area contributed by atoms with Crippen LogP contribution in [0.5, 0.6) is 0 Å². The summed E-state index contributed by atoms with van der Waals surface area (Å²) >= 11 is 0. The minimum atomic E-state index is -4.49. The average molecular weight is 269 g/mol. The molecule has 5 nitrogen and oxygen atoms in total. The summed E-state index contributed by atoms with van der Waals surface area (Å²) in [4.78, 5) is 0. The highest BCUT2D eigenvalue weighted by Gasteiger charge is 2.34. The van der Waals surface area contributed by atoms with Crippen molar-refractivity contribution in [2.75, 3.05) is 5.73 Å². The molecule has 2 aromatic rings. The van der Waals surface area contributed by atoms with E-state index in [-0.39, 0.29) is 17.3 Å². The van der Waals surface area contributed by atoms with E-state index in [4.69, 9.17) is 5.73 Å². The molecule has 2 N–H and O–H groups in total. The first-order valence-electron chi connectivity index (χ1n) is 5.72. The highest BCUT2D eigenvalue weighted by Crippen LogP contribution is 2.40. The van der Waals surface area contributed by atoms with Crippen LogP contribution in [0.25, 0.3) is 5.69 Å². The first kappa shape index (κ1) is 11.9. The lowest BCUT2D eigenvalue weighted by molar-refractivity contribution is -0.136. The third-order valence-corrected chi connectivity index (χ3v) is 3.02. The molecule has 19 heavy (non-hydrogen) atoms. The average Bonchev–Trinajstić information content (AvgIpc) is 3.07. The molecule has 8 heteroatoms. The van der Waals surface area contributed by atoms with E-state index in [0.717, 1.165) is 18.9 Å². The number of rotatable bonds is 2. The molecule has 1 fully saturated rings. The maximum Gasteiger partial charge on any atom is 0.418 e. The summed E-state index contributed by atoms with van der Waals surface area (Å²) in [5, 5.41) is 11.1. The van der Waals surface area contributed by atoms with E-state index >= 15 is 0 Å². The van der Waals surface area contributed by atoms with Gasteiger partial charge in [0.05, 0.1) is 11.3 Å². The van der Waals surface area contributed by atoms with Gasteiger partial charge in [-0.15, -0.1) is 5.10 Å². The van der Waals surface area contributed by atoms with Gasteiger partial charge in [-0.1, -0.05) is 0 Å². The summed E-state index contributed by atoms with van der Waals surface area (Å²) in [6.45, 7) is 0. The van der Waals surface area contributed by atoms with Gasteiger partial charge in [0.1, 0.15) is 0 Å². The number of tetrazole rings is 1. The van der Waals surface area contributed by atoms with Crippen molar-refractivity contribution >= 4 is 5.69 Å². The van der Waals surface area contributed by atoms with Crippen molar-refractivity contribution in [2.45, 2.75) is 24.9 Å². The fourth-order valence-electron chi connectivity index (χ4n) is 1.90. The molecule has 0 bridgehead atoms.